The fourth-order valence-corrected chi connectivity index (χ4v) is 10.7. The Morgan fingerprint density at radius 2 is 1.73 bits per heavy atom. The number of carbonyl (C=O) groups excluding carboxylic acids is 4. The van der Waals surface area contributed by atoms with Crippen LogP contribution in [0.5, 0.6) is 11.5 Å². The zero-order valence-electron chi connectivity index (χ0n) is 33.8. The van der Waals surface area contributed by atoms with Crippen LogP contribution in [0, 0.1) is 17.8 Å². The molecule has 314 valence electrons. The van der Waals surface area contributed by atoms with Crippen LogP contribution in [-0.4, -0.2) is 96.5 Å². The number of nitrogens with zero attached hydrogens (tertiary/aromatic N) is 3. The molecule has 1 unspecified atom stereocenters. The molecule has 3 aliphatic carbocycles. The lowest BCUT2D eigenvalue weighted by Crippen LogP contribution is -2.57. The summed E-state index contributed by atoms with van der Waals surface area (Å²) in [5.41, 5.74) is 0.677. The first-order chi connectivity index (χ1) is 28.5. The van der Waals surface area contributed by atoms with Gasteiger partial charge in [0.15, 0.2) is 0 Å². The summed E-state index contributed by atoms with van der Waals surface area (Å²) in [7, 11) is -2.30. The maximum atomic E-state index is 15.0. The molecule has 0 spiro atoms. The summed E-state index contributed by atoms with van der Waals surface area (Å²) < 4.78 is 40.2. The van der Waals surface area contributed by atoms with E-state index in [4.69, 9.17) is 14.5 Å². The lowest BCUT2D eigenvalue weighted by molar-refractivity contribution is -0.146. The van der Waals surface area contributed by atoms with Gasteiger partial charge in [0.25, 0.3) is 5.91 Å². The van der Waals surface area contributed by atoms with E-state index in [0.29, 0.717) is 61.0 Å². The number of aromatic nitrogens is 1. The first-order valence-electron chi connectivity index (χ1n) is 21.3. The highest BCUT2D eigenvalue weighted by atomic mass is 32.2. The molecule has 5 fully saturated rings. The third-order valence-corrected chi connectivity index (χ3v) is 14.8. The van der Waals surface area contributed by atoms with Crippen LogP contribution in [-0.2, 0) is 29.2 Å². The molecular formula is C45H55N5O8S. The van der Waals surface area contributed by atoms with Gasteiger partial charge < -0.3 is 24.6 Å². The zero-order valence-corrected chi connectivity index (χ0v) is 34.6. The van der Waals surface area contributed by atoms with Gasteiger partial charge in [-0.3, -0.25) is 23.9 Å². The van der Waals surface area contributed by atoms with E-state index in [1.807, 2.05) is 59.5 Å². The molecule has 14 heteroatoms. The fraction of sp³-hybridized carbons (Fsp3) is 0.533. The fourth-order valence-electron chi connectivity index (χ4n) is 9.37. The van der Waals surface area contributed by atoms with Gasteiger partial charge >= 0.3 is 0 Å². The molecule has 2 saturated heterocycles. The molecule has 3 aromatic rings. The highest BCUT2D eigenvalue weighted by molar-refractivity contribution is 7.91. The van der Waals surface area contributed by atoms with Crippen LogP contribution in [0.2, 0.25) is 0 Å². The first kappa shape index (κ1) is 40.8. The van der Waals surface area contributed by atoms with Crippen molar-refractivity contribution in [2.75, 3.05) is 26.7 Å². The Balaban J connectivity index is 1.11. The molecule has 4 amide bonds. The van der Waals surface area contributed by atoms with Crippen molar-refractivity contribution in [2.24, 2.45) is 17.8 Å². The third-order valence-electron chi connectivity index (χ3n) is 13.0. The van der Waals surface area contributed by atoms with E-state index in [-0.39, 0.29) is 37.6 Å². The molecular weight excluding hydrogens is 771 g/mol. The van der Waals surface area contributed by atoms with Crippen LogP contribution in [0.1, 0.15) is 83.5 Å². The Hall–Kier alpha value is -4.98. The number of sulfonamides is 1. The van der Waals surface area contributed by atoms with E-state index in [1.165, 1.54) is 0 Å². The van der Waals surface area contributed by atoms with Crippen molar-refractivity contribution < 1.29 is 37.1 Å². The van der Waals surface area contributed by atoms with Gasteiger partial charge in [-0.25, -0.2) is 13.4 Å². The molecule has 2 aliphatic heterocycles. The average molecular weight is 826 g/mol. The van der Waals surface area contributed by atoms with Gasteiger partial charge in [-0.15, -0.1) is 6.58 Å². The van der Waals surface area contributed by atoms with Crippen LogP contribution in [0.3, 0.4) is 0 Å². The molecule has 3 saturated carbocycles. The highest BCUT2D eigenvalue weighted by Gasteiger charge is 2.62. The number of carbonyl (C=O) groups is 4. The second-order valence-electron chi connectivity index (χ2n) is 17.1. The van der Waals surface area contributed by atoms with Gasteiger partial charge in [0.05, 0.1) is 30.1 Å². The number of hydrogen-bond acceptors (Lipinski definition) is 9. The van der Waals surface area contributed by atoms with E-state index in [1.54, 1.807) is 18.1 Å². The zero-order chi connectivity index (χ0) is 41.3. The number of amides is 4. The molecule has 13 nitrogen and oxygen atoms in total. The number of methoxy groups -OCH3 is 1. The number of hydrogen-bond donors (Lipinski definition) is 2. The Morgan fingerprint density at radius 3 is 2.41 bits per heavy atom. The molecule has 59 heavy (non-hydrogen) atoms. The monoisotopic (exact) mass is 825 g/mol. The number of pyridine rings is 1. The van der Waals surface area contributed by atoms with Crippen LogP contribution < -0.4 is 19.5 Å². The molecule has 0 radical (unpaired) electrons. The molecule has 2 aromatic carbocycles. The van der Waals surface area contributed by atoms with Gasteiger partial charge in [0.2, 0.25) is 27.7 Å². The maximum absolute atomic E-state index is 15.0. The number of likely N-dealkylation sites (tertiary alicyclic amines) is 2. The predicted octanol–water partition coefficient (Wildman–Crippen LogP) is 5.53. The Morgan fingerprint density at radius 1 is 0.983 bits per heavy atom. The SMILES string of the molecule is C=CC1C[C@]1(NC(=O)[C@@H]1C[C@@H](Oc2cc(-c3ccccc3)nc3cc(OC)ccc23)CN1C(=O)[C@@H](CC(=O)N1CCCCC1)CC1CCCC1)C(=O)NS(=O)(=O)C1CC1. The normalized spacial score (nSPS) is 25.0. The van der Waals surface area contributed by atoms with E-state index in [2.05, 4.69) is 16.6 Å². The highest BCUT2D eigenvalue weighted by Crippen LogP contribution is 2.46. The summed E-state index contributed by atoms with van der Waals surface area (Å²) >= 11 is 0. The number of ether oxygens (including phenoxy) is 2. The van der Waals surface area contributed by atoms with Crippen LogP contribution >= 0.6 is 0 Å². The Kier molecular flexibility index (Phi) is 11.7. The van der Waals surface area contributed by atoms with E-state index in [9.17, 15) is 22.8 Å². The molecule has 2 N–H and O–H groups in total. The summed E-state index contributed by atoms with van der Waals surface area (Å²) in [6, 6.07) is 16.1. The topological polar surface area (TPSA) is 164 Å². The standard InChI is InChI=1S/C45H55N5O8S/c1-3-32-27-45(32,44(54)48-59(55,56)35-17-18-35)47-42(52)39-25-34(58-40-26-37(30-14-6-4-7-15-30)46-38-24-33(57-2)16-19-36(38)40)28-50(39)43(53)31(22-29-12-8-9-13-29)23-41(51)49-20-10-5-11-21-49/h3-4,6-7,14-16,19,24,26,29,31-32,34-35,39H,1,5,8-13,17-18,20-23,25,27-28H2,2H3,(H,47,52)(H,48,54)/t31-,32?,34-,39+,45-/m1/s1. The predicted molar refractivity (Wildman–Crippen MR) is 223 cm³/mol. The van der Waals surface area contributed by atoms with Crippen molar-refractivity contribution >= 4 is 44.6 Å². The maximum Gasteiger partial charge on any atom is 0.259 e. The summed E-state index contributed by atoms with van der Waals surface area (Å²) in [6.45, 7) is 5.26. The van der Waals surface area contributed by atoms with Gasteiger partial charge in [0.1, 0.15) is 29.2 Å². The molecule has 8 rings (SSSR count). The third kappa shape index (κ3) is 8.83. The molecule has 0 bridgehead atoms. The second kappa shape index (κ2) is 16.9. The summed E-state index contributed by atoms with van der Waals surface area (Å²) in [4.78, 5) is 65.4. The van der Waals surface area contributed by atoms with Gasteiger partial charge in [-0.2, -0.15) is 0 Å². The number of fused-ring (bicyclic) bond motifs is 1. The minimum atomic E-state index is -3.89. The summed E-state index contributed by atoms with van der Waals surface area (Å²) in [6.07, 6.45) is 9.84. The van der Waals surface area contributed by atoms with E-state index < -0.39 is 56.6 Å². The van der Waals surface area contributed by atoms with E-state index in [0.717, 1.165) is 55.9 Å². The van der Waals surface area contributed by atoms with Crippen molar-refractivity contribution in [1.29, 1.82) is 0 Å². The Bertz CT molecular complexity index is 2200. The van der Waals surface area contributed by atoms with Crippen molar-refractivity contribution in [3.63, 3.8) is 0 Å². The minimum absolute atomic E-state index is 0.0412. The van der Waals surface area contributed by atoms with Gasteiger partial charge in [-0.05, 0) is 63.0 Å². The largest absolute Gasteiger partial charge is 0.497 e. The lowest BCUT2D eigenvalue weighted by Gasteiger charge is -2.32. The molecule has 5 aliphatic rings. The summed E-state index contributed by atoms with van der Waals surface area (Å²) in [5.74, 6) is -1.38. The van der Waals surface area contributed by atoms with Crippen molar-refractivity contribution in [3.8, 4) is 22.8 Å². The molecule has 5 atom stereocenters. The van der Waals surface area contributed by atoms with Crippen LogP contribution in [0.15, 0.2) is 67.3 Å². The van der Waals surface area contributed by atoms with Crippen LogP contribution in [0.4, 0.5) is 0 Å². The second-order valence-corrected chi connectivity index (χ2v) is 19.1. The van der Waals surface area contributed by atoms with Gasteiger partial charge in [0, 0.05) is 60.8 Å². The van der Waals surface area contributed by atoms with Gasteiger partial charge in [-0.1, -0.05) is 62.1 Å². The smallest absolute Gasteiger partial charge is 0.259 e. The Labute approximate surface area is 346 Å². The first-order valence-corrected chi connectivity index (χ1v) is 22.8. The average Bonchev–Trinajstić information content (AvgIpc) is 4.13. The lowest BCUT2D eigenvalue weighted by atomic mass is 9.89. The number of nitrogens with one attached hydrogen (secondary N) is 2. The van der Waals surface area contributed by atoms with E-state index >= 15 is 4.79 Å². The number of piperidine rings is 1. The molecule has 3 heterocycles. The van der Waals surface area contributed by atoms with Crippen molar-refractivity contribution in [1.82, 2.24) is 24.8 Å². The summed E-state index contributed by atoms with van der Waals surface area (Å²) in [5, 5.41) is 3.00. The van der Waals surface area contributed by atoms with Crippen LogP contribution in [0.25, 0.3) is 22.2 Å². The number of rotatable bonds is 15. The molecule has 1 aromatic heterocycles. The van der Waals surface area contributed by atoms with Crippen molar-refractivity contribution in [3.05, 3.63) is 67.3 Å². The number of benzene rings is 2. The van der Waals surface area contributed by atoms with Crippen molar-refractivity contribution in [2.45, 2.75) is 106 Å². The quantitative estimate of drug-likeness (QED) is 0.188. The minimum Gasteiger partial charge on any atom is -0.497 e.